The lowest BCUT2D eigenvalue weighted by Crippen LogP contribution is -2.09. The molecule has 0 saturated heterocycles. The minimum absolute atomic E-state index is 0.0849. The van der Waals surface area contributed by atoms with Crippen molar-refractivity contribution in [2.45, 2.75) is 19.9 Å². The highest BCUT2D eigenvalue weighted by Gasteiger charge is 2.10. The van der Waals surface area contributed by atoms with Crippen LogP contribution in [0.25, 0.3) is 11.0 Å². The van der Waals surface area contributed by atoms with Gasteiger partial charge in [0.1, 0.15) is 11.6 Å². The van der Waals surface area contributed by atoms with Crippen LogP contribution in [0.1, 0.15) is 24.5 Å². The lowest BCUT2D eigenvalue weighted by atomic mass is 10.3. The summed E-state index contributed by atoms with van der Waals surface area (Å²) >= 11 is 0. The molecule has 3 rings (SSSR count). The van der Waals surface area contributed by atoms with Crippen LogP contribution in [0.3, 0.4) is 0 Å². The monoisotopic (exact) mass is 252 g/mol. The van der Waals surface area contributed by atoms with Crippen molar-refractivity contribution in [3.63, 3.8) is 0 Å². The molecule has 2 aromatic heterocycles. The van der Waals surface area contributed by atoms with Crippen LogP contribution in [0.15, 0.2) is 42.5 Å². The van der Waals surface area contributed by atoms with Crippen LogP contribution in [0.4, 0.5) is 5.82 Å². The number of nitrogens with zero attached hydrogens (tertiary/aromatic N) is 2. The summed E-state index contributed by atoms with van der Waals surface area (Å²) in [6.07, 6.45) is 0. The van der Waals surface area contributed by atoms with Gasteiger partial charge in [0.25, 0.3) is 0 Å². The number of nitrogens with one attached hydrogen (secondary N) is 2. The predicted molar refractivity (Wildman–Crippen MR) is 77.1 cm³/mol. The average Bonchev–Trinajstić information content (AvgIpc) is 2.82. The normalized spacial score (nSPS) is 12.5. The molecular weight excluding hydrogens is 236 g/mol. The smallest absolute Gasteiger partial charge is 0.129 e. The number of imidazole rings is 1. The molecule has 0 aliphatic heterocycles. The Morgan fingerprint density at radius 3 is 2.68 bits per heavy atom. The van der Waals surface area contributed by atoms with Gasteiger partial charge >= 0.3 is 0 Å². The molecule has 1 atom stereocenters. The van der Waals surface area contributed by atoms with E-state index in [2.05, 4.69) is 27.2 Å². The standard InChI is InChI=1S/C15H16N4/c1-10-6-5-9-14(16-10)17-11(2)15-18-12-7-3-4-8-13(12)19-15/h3-9,11H,1-2H3,(H,16,17)(H,18,19). The largest absolute Gasteiger partial charge is 0.360 e. The van der Waals surface area contributed by atoms with Crippen molar-refractivity contribution in [3.8, 4) is 0 Å². The molecule has 2 N–H and O–H groups in total. The SMILES string of the molecule is Cc1cccc(NC(C)c2nc3ccccc3[nH]2)n1. The van der Waals surface area contributed by atoms with Gasteiger partial charge in [0.2, 0.25) is 0 Å². The van der Waals surface area contributed by atoms with Crippen LogP contribution in [0.2, 0.25) is 0 Å². The minimum Gasteiger partial charge on any atom is -0.360 e. The summed E-state index contributed by atoms with van der Waals surface area (Å²) < 4.78 is 0. The third-order valence-electron chi connectivity index (χ3n) is 3.07. The first kappa shape index (κ1) is 11.7. The Balaban J connectivity index is 1.85. The van der Waals surface area contributed by atoms with Crippen molar-refractivity contribution >= 4 is 16.9 Å². The fourth-order valence-corrected chi connectivity index (χ4v) is 2.09. The van der Waals surface area contributed by atoms with Crippen molar-refractivity contribution in [2.24, 2.45) is 0 Å². The number of hydrogen-bond donors (Lipinski definition) is 2. The Kier molecular flexibility index (Phi) is 2.91. The molecule has 0 bridgehead atoms. The van der Waals surface area contributed by atoms with Crippen LogP contribution in [-0.4, -0.2) is 15.0 Å². The van der Waals surface area contributed by atoms with Crippen LogP contribution in [-0.2, 0) is 0 Å². The van der Waals surface area contributed by atoms with Crippen molar-refractivity contribution in [1.82, 2.24) is 15.0 Å². The molecule has 96 valence electrons. The van der Waals surface area contributed by atoms with E-state index in [1.807, 2.05) is 49.4 Å². The second kappa shape index (κ2) is 4.72. The second-order valence-corrected chi connectivity index (χ2v) is 4.67. The van der Waals surface area contributed by atoms with Gasteiger partial charge in [-0.05, 0) is 38.1 Å². The van der Waals surface area contributed by atoms with Gasteiger partial charge in [-0.15, -0.1) is 0 Å². The number of benzene rings is 1. The molecule has 1 unspecified atom stereocenters. The summed E-state index contributed by atoms with van der Waals surface area (Å²) in [5, 5.41) is 3.36. The van der Waals surface area contributed by atoms with E-state index in [-0.39, 0.29) is 6.04 Å². The second-order valence-electron chi connectivity index (χ2n) is 4.67. The number of aromatic amines is 1. The zero-order valence-electron chi connectivity index (χ0n) is 11.0. The van der Waals surface area contributed by atoms with Gasteiger partial charge in [0.05, 0.1) is 17.1 Å². The molecule has 0 aliphatic carbocycles. The first-order valence-corrected chi connectivity index (χ1v) is 6.37. The van der Waals surface area contributed by atoms with E-state index in [1.54, 1.807) is 0 Å². The summed E-state index contributed by atoms with van der Waals surface area (Å²) in [6.45, 7) is 4.05. The highest BCUT2D eigenvalue weighted by molar-refractivity contribution is 5.74. The van der Waals surface area contributed by atoms with Crippen LogP contribution in [0, 0.1) is 6.92 Å². The lowest BCUT2D eigenvalue weighted by Gasteiger charge is -2.12. The van der Waals surface area contributed by atoms with E-state index in [0.29, 0.717) is 0 Å². The van der Waals surface area contributed by atoms with Crippen molar-refractivity contribution in [1.29, 1.82) is 0 Å². The topological polar surface area (TPSA) is 53.6 Å². The number of rotatable bonds is 3. The van der Waals surface area contributed by atoms with Gasteiger partial charge in [0, 0.05) is 5.69 Å². The van der Waals surface area contributed by atoms with E-state index in [0.717, 1.165) is 28.4 Å². The average molecular weight is 252 g/mol. The number of hydrogen-bond acceptors (Lipinski definition) is 3. The van der Waals surface area contributed by atoms with Crippen LogP contribution < -0.4 is 5.32 Å². The number of H-pyrrole nitrogens is 1. The highest BCUT2D eigenvalue weighted by atomic mass is 15.1. The Morgan fingerprint density at radius 2 is 1.89 bits per heavy atom. The van der Waals surface area contributed by atoms with Crippen molar-refractivity contribution < 1.29 is 0 Å². The zero-order valence-corrected chi connectivity index (χ0v) is 11.0. The molecule has 0 fully saturated rings. The van der Waals surface area contributed by atoms with Crippen LogP contribution in [0.5, 0.6) is 0 Å². The molecule has 4 heteroatoms. The predicted octanol–water partition coefficient (Wildman–Crippen LogP) is 3.44. The molecule has 0 aliphatic rings. The first-order valence-electron chi connectivity index (χ1n) is 6.37. The van der Waals surface area contributed by atoms with E-state index >= 15 is 0 Å². The first-order chi connectivity index (χ1) is 9.22. The Hall–Kier alpha value is -2.36. The van der Waals surface area contributed by atoms with Gasteiger partial charge in [-0.3, -0.25) is 0 Å². The summed E-state index contributed by atoms with van der Waals surface area (Å²) in [5.74, 6) is 1.79. The van der Waals surface area contributed by atoms with E-state index in [9.17, 15) is 0 Å². The molecule has 0 amide bonds. The van der Waals surface area contributed by atoms with E-state index < -0.39 is 0 Å². The fourth-order valence-electron chi connectivity index (χ4n) is 2.09. The Labute approximate surface area is 111 Å². The maximum Gasteiger partial charge on any atom is 0.129 e. The summed E-state index contributed by atoms with van der Waals surface area (Å²) in [6, 6.07) is 14.1. The molecule has 19 heavy (non-hydrogen) atoms. The zero-order chi connectivity index (χ0) is 13.2. The van der Waals surface area contributed by atoms with Gasteiger partial charge in [-0.2, -0.15) is 0 Å². The summed E-state index contributed by atoms with van der Waals surface area (Å²) in [5.41, 5.74) is 3.05. The van der Waals surface area contributed by atoms with E-state index in [1.165, 1.54) is 0 Å². The molecule has 3 aromatic rings. The molecular formula is C15H16N4. The fraction of sp³-hybridized carbons (Fsp3) is 0.200. The highest BCUT2D eigenvalue weighted by Crippen LogP contribution is 2.19. The Morgan fingerprint density at radius 1 is 1.05 bits per heavy atom. The summed E-state index contributed by atoms with van der Waals surface area (Å²) in [7, 11) is 0. The molecule has 0 saturated carbocycles. The third kappa shape index (κ3) is 2.42. The Bertz CT molecular complexity index is 669. The molecule has 1 aromatic carbocycles. The quantitative estimate of drug-likeness (QED) is 0.750. The number of aryl methyl sites for hydroxylation is 1. The molecule has 4 nitrogen and oxygen atoms in total. The van der Waals surface area contributed by atoms with E-state index in [4.69, 9.17) is 0 Å². The minimum atomic E-state index is 0.0849. The van der Waals surface area contributed by atoms with Gasteiger partial charge in [-0.25, -0.2) is 9.97 Å². The summed E-state index contributed by atoms with van der Waals surface area (Å²) in [4.78, 5) is 12.4. The number of pyridine rings is 1. The maximum absolute atomic E-state index is 4.59. The molecule has 0 spiro atoms. The van der Waals surface area contributed by atoms with Gasteiger partial charge in [0.15, 0.2) is 0 Å². The van der Waals surface area contributed by atoms with Gasteiger partial charge in [-0.1, -0.05) is 18.2 Å². The van der Waals surface area contributed by atoms with Gasteiger partial charge < -0.3 is 10.3 Å². The number of fused-ring (bicyclic) bond motifs is 1. The molecule has 0 radical (unpaired) electrons. The van der Waals surface area contributed by atoms with Crippen LogP contribution >= 0.6 is 0 Å². The number of aromatic nitrogens is 3. The van der Waals surface area contributed by atoms with Crippen molar-refractivity contribution in [2.75, 3.05) is 5.32 Å². The number of para-hydroxylation sites is 2. The third-order valence-corrected chi connectivity index (χ3v) is 3.07. The maximum atomic E-state index is 4.59. The molecule has 2 heterocycles. The lowest BCUT2D eigenvalue weighted by molar-refractivity contribution is 0.807. The number of anilines is 1. The van der Waals surface area contributed by atoms with Crippen molar-refractivity contribution in [3.05, 3.63) is 54.0 Å².